The summed E-state index contributed by atoms with van der Waals surface area (Å²) in [4.78, 5) is 13.4. The van der Waals surface area contributed by atoms with Crippen molar-refractivity contribution in [2.45, 2.75) is 18.7 Å². The number of aromatic nitrogens is 2. The van der Waals surface area contributed by atoms with Crippen molar-refractivity contribution < 1.29 is 9.21 Å². The molecule has 0 spiro atoms. The predicted molar refractivity (Wildman–Crippen MR) is 95.3 cm³/mol. The van der Waals surface area contributed by atoms with Crippen LogP contribution in [0.5, 0.6) is 0 Å². The number of hydrogen-bond donors (Lipinski definition) is 1. The van der Waals surface area contributed by atoms with Crippen LogP contribution in [0.15, 0.2) is 57.8 Å². The van der Waals surface area contributed by atoms with E-state index in [1.165, 1.54) is 0 Å². The Bertz CT molecular complexity index is 861. The lowest BCUT2D eigenvalue weighted by Crippen LogP contribution is -2.12. The van der Waals surface area contributed by atoms with Gasteiger partial charge in [0, 0.05) is 16.0 Å². The number of amides is 1. The Kier molecular flexibility index (Phi) is 4.96. The van der Waals surface area contributed by atoms with Crippen molar-refractivity contribution in [1.29, 1.82) is 0 Å². The highest BCUT2D eigenvalue weighted by Gasteiger charge is 2.13. The van der Waals surface area contributed by atoms with Gasteiger partial charge in [-0.1, -0.05) is 35.8 Å². The summed E-state index contributed by atoms with van der Waals surface area (Å²) in [6.45, 7) is 4.06. The van der Waals surface area contributed by atoms with Crippen molar-refractivity contribution in [2.75, 3.05) is 11.1 Å². The Morgan fingerprint density at radius 2 is 2.00 bits per heavy atom. The second-order valence-electron chi connectivity index (χ2n) is 5.20. The number of nitrogens with zero attached hydrogens (tertiary/aromatic N) is 2. The molecule has 0 unspecified atom stereocenters. The topological polar surface area (TPSA) is 68.0 Å². The molecule has 0 bridgehead atoms. The van der Waals surface area contributed by atoms with Gasteiger partial charge in [0.25, 0.3) is 5.91 Å². The molecule has 0 aliphatic rings. The zero-order chi connectivity index (χ0) is 16.9. The second-order valence-corrected chi connectivity index (χ2v) is 6.53. The summed E-state index contributed by atoms with van der Waals surface area (Å²) in [5, 5.41) is 10.5. The molecule has 1 aromatic heterocycles. The number of carbonyl (C=O) groups is 1. The first-order valence-electron chi connectivity index (χ1n) is 7.60. The fourth-order valence-electron chi connectivity index (χ4n) is 2.23. The number of carbonyl (C=O) groups excluding carboxylic acids is 1. The van der Waals surface area contributed by atoms with E-state index in [9.17, 15) is 4.79 Å². The van der Waals surface area contributed by atoms with Crippen LogP contribution in [0.3, 0.4) is 0 Å². The minimum Gasteiger partial charge on any atom is -0.403 e. The van der Waals surface area contributed by atoms with E-state index in [1.807, 2.05) is 49.4 Å². The largest absolute Gasteiger partial charge is 0.403 e. The van der Waals surface area contributed by atoms with Crippen LogP contribution in [0.4, 0.5) is 6.01 Å². The van der Waals surface area contributed by atoms with E-state index in [1.54, 1.807) is 17.8 Å². The van der Waals surface area contributed by atoms with E-state index in [0.717, 1.165) is 21.8 Å². The summed E-state index contributed by atoms with van der Waals surface area (Å²) in [6, 6.07) is 15.3. The lowest BCUT2D eigenvalue weighted by molar-refractivity contribution is 0.102. The highest BCUT2D eigenvalue weighted by atomic mass is 32.2. The van der Waals surface area contributed by atoms with Gasteiger partial charge < -0.3 is 4.42 Å². The highest BCUT2D eigenvalue weighted by molar-refractivity contribution is 7.99. The number of hydrogen-bond acceptors (Lipinski definition) is 5. The third kappa shape index (κ3) is 3.83. The SMILES string of the molecule is CCSc1cccc(C(=O)Nc2nnc(-c3cccc(C)c3)o2)c1. The van der Waals surface area contributed by atoms with Crippen LogP contribution < -0.4 is 5.32 Å². The minimum atomic E-state index is -0.270. The van der Waals surface area contributed by atoms with Gasteiger partial charge in [-0.05, 0) is 43.0 Å². The molecule has 0 atom stereocenters. The fourth-order valence-corrected chi connectivity index (χ4v) is 2.95. The molecule has 5 nitrogen and oxygen atoms in total. The maximum absolute atomic E-state index is 12.3. The Hall–Kier alpha value is -2.60. The van der Waals surface area contributed by atoms with Crippen molar-refractivity contribution in [2.24, 2.45) is 0 Å². The van der Waals surface area contributed by atoms with Crippen LogP contribution in [0.1, 0.15) is 22.8 Å². The molecule has 3 rings (SSSR count). The molecule has 1 amide bonds. The zero-order valence-corrected chi connectivity index (χ0v) is 14.3. The summed E-state index contributed by atoms with van der Waals surface area (Å²) >= 11 is 1.68. The number of nitrogens with one attached hydrogen (secondary N) is 1. The van der Waals surface area contributed by atoms with Gasteiger partial charge in [-0.3, -0.25) is 10.1 Å². The molecule has 24 heavy (non-hydrogen) atoms. The van der Waals surface area contributed by atoms with Gasteiger partial charge >= 0.3 is 6.01 Å². The summed E-state index contributed by atoms with van der Waals surface area (Å²) < 4.78 is 5.54. The monoisotopic (exact) mass is 339 g/mol. The van der Waals surface area contributed by atoms with Gasteiger partial charge in [0.2, 0.25) is 5.89 Å². The van der Waals surface area contributed by atoms with Crippen molar-refractivity contribution in [3.05, 3.63) is 59.7 Å². The third-order valence-electron chi connectivity index (χ3n) is 3.32. The number of anilines is 1. The molecule has 0 saturated heterocycles. The molecular formula is C18H17N3O2S. The van der Waals surface area contributed by atoms with Gasteiger partial charge in [0.1, 0.15) is 0 Å². The van der Waals surface area contributed by atoms with Gasteiger partial charge in [0.15, 0.2) is 0 Å². The van der Waals surface area contributed by atoms with Crippen molar-refractivity contribution in [1.82, 2.24) is 10.2 Å². The van der Waals surface area contributed by atoms with E-state index >= 15 is 0 Å². The lowest BCUT2D eigenvalue weighted by Gasteiger charge is -2.03. The number of benzene rings is 2. The fraction of sp³-hybridized carbons (Fsp3) is 0.167. The van der Waals surface area contributed by atoms with Crippen LogP contribution in [0.2, 0.25) is 0 Å². The Morgan fingerprint density at radius 3 is 2.79 bits per heavy atom. The molecule has 1 N–H and O–H groups in total. The first kappa shape index (κ1) is 16.3. The van der Waals surface area contributed by atoms with E-state index in [0.29, 0.717) is 11.5 Å². The Morgan fingerprint density at radius 1 is 1.17 bits per heavy atom. The number of rotatable bonds is 5. The maximum atomic E-state index is 12.3. The quantitative estimate of drug-likeness (QED) is 0.697. The third-order valence-corrected chi connectivity index (χ3v) is 4.19. The normalized spacial score (nSPS) is 10.6. The van der Waals surface area contributed by atoms with E-state index in [2.05, 4.69) is 22.4 Å². The molecule has 2 aromatic carbocycles. The molecule has 0 radical (unpaired) electrons. The van der Waals surface area contributed by atoms with Crippen molar-refractivity contribution in [3.63, 3.8) is 0 Å². The van der Waals surface area contributed by atoms with E-state index in [4.69, 9.17) is 4.42 Å². The Balaban J connectivity index is 1.75. The molecule has 0 aliphatic carbocycles. The Labute approximate surface area is 144 Å². The maximum Gasteiger partial charge on any atom is 0.322 e. The molecular weight excluding hydrogens is 322 g/mol. The van der Waals surface area contributed by atoms with Crippen molar-refractivity contribution >= 4 is 23.7 Å². The first-order chi connectivity index (χ1) is 11.7. The number of aryl methyl sites for hydroxylation is 1. The summed E-state index contributed by atoms with van der Waals surface area (Å²) in [5.74, 6) is 1.06. The molecule has 122 valence electrons. The number of thioether (sulfide) groups is 1. The molecule has 3 aromatic rings. The molecule has 1 heterocycles. The molecule has 0 saturated carbocycles. The summed E-state index contributed by atoms with van der Waals surface area (Å²) in [5.41, 5.74) is 2.48. The predicted octanol–water partition coefficient (Wildman–Crippen LogP) is 4.41. The van der Waals surface area contributed by atoms with Gasteiger partial charge in [-0.25, -0.2) is 0 Å². The smallest absolute Gasteiger partial charge is 0.322 e. The van der Waals surface area contributed by atoms with E-state index in [-0.39, 0.29) is 11.9 Å². The average Bonchev–Trinajstić information content (AvgIpc) is 3.04. The van der Waals surface area contributed by atoms with Crippen LogP contribution in [-0.4, -0.2) is 21.9 Å². The van der Waals surface area contributed by atoms with Crippen LogP contribution in [0.25, 0.3) is 11.5 Å². The zero-order valence-electron chi connectivity index (χ0n) is 13.4. The molecule has 0 aliphatic heterocycles. The van der Waals surface area contributed by atoms with Gasteiger partial charge in [-0.15, -0.1) is 16.9 Å². The lowest BCUT2D eigenvalue weighted by atomic mass is 10.1. The minimum absolute atomic E-state index is 0.0880. The molecule has 6 heteroatoms. The first-order valence-corrected chi connectivity index (χ1v) is 8.59. The summed E-state index contributed by atoms with van der Waals surface area (Å²) in [7, 11) is 0. The van der Waals surface area contributed by atoms with E-state index < -0.39 is 0 Å². The van der Waals surface area contributed by atoms with Crippen LogP contribution in [-0.2, 0) is 0 Å². The standard InChI is InChI=1S/C18H17N3O2S/c1-3-24-15-9-5-7-13(11-15)16(22)19-18-21-20-17(23-18)14-8-4-6-12(2)10-14/h4-11H,3H2,1-2H3,(H,19,21,22). The second kappa shape index (κ2) is 7.31. The van der Waals surface area contributed by atoms with Crippen LogP contribution in [0, 0.1) is 6.92 Å². The molecule has 0 fully saturated rings. The highest BCUT2D eigenvalue weighted by Crippen LogP contribution is 2.22. The summed E-state index contributed by atoms with van der Waals surface area (Å²) in [6.07, 6.45) is 0. The van der Waals surface area contributed by atoms with Gasteiger partial charge in [0.05, 0.1) is 0 Å². The van der Waals surface area contributed by atoms with Crippen LogP contribution >= 0.6 is 11.8 Å². The van der Waals surface area contributed by atoms with Gasteiger partial charge in [-0.2, -0.15) is 0 Å². The van der Waals surface area contributed by atoms with Crippen molar-refractivity contribution in [3.8, 4) is 11.5 Å². The average molecular weight is 339 g/mol.